The molecule has 1 amide bonds. The molecule has 13 heteroatoms. The van der Waals surface area contributed by atoms with E-state index in [-0.39, 0.29) is 33.0 Å². The van der Waals surface area contributed by atoms with E-state index in [2.05, 4.69) is 20.3 Å². The number of pyridine rings is 1. The van der Waals surface area contributed by atoms with Gasteiger partial charge in [-0.05, 0) is 18.2 Å². The van der Waals surface area contributed by atoms with Crippen LogP contribution in [0.5, 0.6) is 5.75 Å². The van der Waals surface area contributed by atoms with Gasteiger partial charge in [-0.2, -0.15) is 22.0 Å². The number of hydrogen-bond donors (Lipinski definition) is 1. The van der Waals surface area contributed by atoms with Gasteiger partial charge in [-0.25, -0.2) is 0 Å². The number of nitrogens with zero attached hydrogens (tertiary/aromatic N) is 3. The van der Waals surface area contributed by atoms with E-state index in [0.29, 0.717) is 0 Å². The topological polar surface area (TPSA) is 68.5 Å². The average molecular weight is 453 g/mol. The molecule has 0 radical (unpaired) electrons. The number of fused-ring (bicyclic) bond motifs is 1. The minimum Gasteiger partial charge on any atom is -0.433 e. The Balaban J connectivity index is 1.74. The highest BCUT2D eigenvalue weighted by Gasteiger charge is 2.32. The summed E-state index contributed by atoms with van der Waals surface area (Å²) in [5, 5.41) is 9.59. The predicted octanol–water partition coefficient (Wildman–Crippen LogP) is 4.73. The summed E-state index contributed by atoms with van der Waals surface area (Å²) in [4.78, 5) is 12.1. The third-order valence-electron chi connectivity index (χ3n) is 3.47. The monoisotopic (exact) mass is 452 g/mol. The van der Waals surface area contributed by atoms with Crippen LogP contribution in [0.4, 0.5) is 27.6 Å². The number of carbonyl (C=O) groups excluding carboxylic acids is 1. The Bertz CT molecular complexity index is 1040. The molecule has 1 N–H and O–H groups in total. The first kappa shape index (κ1) is 21.1. The molecular weight excluding hydrogens is 443 g/mol. The van der Waals surface area contributed by atoms with Gasteiger partial charge >= 0.3 is 12.8 Å². The van der Waals surface area contributed by atoms with Crippen molar-refractivity contribution < 1.29 is 31.5 Å². The van der Waals surface area contributed by atoms with Crippen molar-refractivity contribution in [1.82, 2.24) is 14.6 Å². The number of ether oxygens (including phenoxy) is 1. The first-order chi connectivity index (χ1) is 13.6. The molecule has 1 aromatic carbocycles. The third kappa shape index (κ3) is 5.07. The van der Waals surface area contributed by atoms with Gasteiger partial charge in [0, 0.05) is 6.20 Å². The fourth-order valence-electron chi connectivity index (χ4n) is 2.27. The van der Waals surface area contributed by atoms with Crippen LogP contribution in [0.3, 0.4) is 0 Å². The molecule has 6 nitrogen and oxygen atoms in total. The fourth-order valence-corrected chi connectivity index (χ4v) is 3.23. The van der Waals surface area contributed by atoms with E-state index < -0.39 is 24.3 Å². The zero-order chi connectivity index (χ0) is 21.2. The maximum atomic E-state index is 13.0. The zero-order valence-corrected chi connectivity index (χ0v) is 15.7. The highest BCUT2D eigenvalue weighted by molar-refractivity contribution is 7.99. The number of aromatic nitrogens is 3. The predicted molar refractivity (Wildman–Crippen MR) is 95.4 cm³/mol. The van der Waals surface area contributed by atoms with E-state index >= 15 is 0 Å². The second-order valence-electron chi connectivity index (χ2n) is 5.46. The Morgan fingerprint density at radius 2 is 2.00 bits per heavy atom. The first-order valence-electron chi connectivity index (χ1n) is 7.73. The van der Waals surface area contributed by atoms with E-state index in [1.165, 1.54) is 24.3 Å². The molecule has 2 heterocycles. The SMILES string of the molecule is O=C(CSc1nnc2c(Cl)cc(C(F)(F)F)cn12)Nc1ccccc1OC(F)F. The second-order valence-corrected chi connectivity index (χ2v) is 6.81. The lowest BCUT2D eigenvalue weighted by Gasteiger charge is -2.11. The standard InChI is InChI=1S/C16H10ClF5N4O2S/c17-9-5-8(16(20,21)22)6-26-13(9)24-25-15(26)29-7-12(27)23-10-3-1-2-4-11(10)28-14(18)19/h1-6,14H,7H2,(H,23,27). The van der Waals surface area contributed by atoms with E-state index in [1.807, 2.05) is 0 Å². The van der Waals surface area contributed by atoms with Gasteiger partial charge < -0.3 is 10.1 Å². The summed E-state index contributed by atoms with van der Waals surface area (Å²) in [5.41, 5.74) is -0.982. The number of hydrogen-bond acceptors (Lipinski definition) is 5. The van der Waals surface area contributed by atoms with Gasteiger partial charge in [-0.1, -0.05) is 35.5 Å². The van der Waals surface area contributed by atoms with Crippen LogP contribution in [0.1, 0.15) is 5.56 Å². The lowest BCUT2D eigenvalue weighted by Crippen LogP contribution is -2.16. The summed E-state index contributed by atoms with van der Waals surface area (Å²) in [6, 6.07) is 6.30. The van der Waals surface area contributed by atoms with Gasteiger partial charge in [0.15, 0.2) is 10.8 Å². The van der Waals surface area contributed by atoms with Crippen molar-refractivity contribution in [3.63, 3.8) is 0 Å². The molecule has 2 aromatic heterocycles. The molecule has 29 heavy (non-hydrogen) atoms. The molecule has 0 saturated heterocycles. The molecule has 0 atom stereocenters. The van der Waals surface area contributed by atoms with Crippen LogP contribution in [-0.2, 0) is 11.0 Å². The number of para-hydroxylation sites is 2. The molecule has 0 unspecified atom stereocenters. The summed E-state index contributed by atoms with van der Waals surface area (Å²) in [6.07, 6.45) is -3.86. The summed E-state index contributed by atoms with van der Waals surface area (Å²) in [5.74, 6) is -1.12. The minimum absolute atomic E-state index is 0.000246. The van der Waals surface area contributed by atoms with Crippen molar-refractivity contribution >= 4 is 40.6 Å². The summed E-state index contributed by atoms with van der Waals surface area (Å²) in [6.45, 7) is -3.07. The van der Waals surface area contributed by atoms with Crippen LogP contribution in [0.25, 0.3) is 5.65 Å². The van der Waals surface area contributed by atoms with Crippen molar-refractivity contribution in [2.75, 3.05) is 11.1 Å². The number of nitrogens with one attached hydrogen (secondary N) is 1. The Morgan fingerprint density at radius 1 is 1.28 bits per heavy atom. The molecule has 0 aliphatic heterocycles. The highest BCUT2D eigenvalue weighted by Crippen LogP contribution is 2.33. The van der Waals surface area contributed by atoms with E-state index in [1.54, 1.807) is 0 Å². The first-order valence-corrected chi connectivity index (χ1v) is 9.09. The number of alkyl halides is 5. The number of anilines is 1. The fraction of sp³-hybridized carbons (Fsp3) is 0.188. The van der Waals surface area contributed by atoms with Gasteiger partial charge in [0.05, 0.1) is 22.0 Å². The molecule has 0 bridgehead atoms. The van der Waals surface area contributed by atoms with Crippen LogP contribution in [0.2, 0.25) is 5.02 Å². The van der Waals surface area contributed by atoms with Crippen molar-refractivity contribution in [3.05, 3.63) is 47.1 Å². The number of rotatable bonds is 6. The lowest BCUT2D eigenvalue weighted by atomic mass is 10.3. The van der Waals surface area contributed by atoms with Gasteiger partial charge in [0.25, 0.3) is 0 Å². The maximum absolute atomic E-state index is 13.0. The molecule has 3 aromatic rings. The van der Waals surface area contributed by atoms with Crippen LogP contribution in [0, 0.1) is 0 Å². The molecule has 154 valence electrons. The summed E-state index contributed by atoms with van der Waals surface area (Å²) >= 11 is 6.62. The Morgan fingerprint density at radius 3 is 2.69 bits per heavy atom. The molecule has 0 aliphatic carbocycles. The van der Waals surface area contributed by atoms with E-state index in [0.717, 1.165) is 28.4 Å². The maximum Gasteiger partial charge on any atom is 0.417 e. The molecule has 3 rings (SSSR count). The van der Waals surface area contributed by atoms with Gasteiger partial charge in [-0.15, -0.1) is 10.2 Å². The van der Waals surface area contributed by atoms with Crippen molar-refractivity contribution in [3.8, 4) is 5.75 Å². The highest BCUT2D eigenvalue weighted by atomic mass is 35.5. The second kappa shape index (κ2) is 8.41. The molecule has 0 aliphatic rings. The number of thioether (sulfide) groups is 1. The van der Waals surface area contributed by atoms with E-state index in [9.17, 15) is 26.7 Å². The quantitative estimate of drug-likeness (QED) is 0.432. The van der Waals surface area contributed by atoms with Crippen LogP contribution in [0.15, 0.2) is 41.7 Å². The Kier molecular flexibility index (Phi) is 6.13. The largest absolute Gasteiger partial charge is 0.433 e. The van der Waals surface area contributed by atoms with Gasteiger partial charge in [0.1, 0.15) is 5.75 Å². The zero-order valence-electron chi connectivity index (χ0n) is 14.1. The van der Waals surface area contributed by atoms with Crippen molar-refractivity contribution in [2.45, 2.75) is 17.9 Å². The Hall–Kier alpha value is -2.60. The summed E-state index contributed by atoms with van der Waals surface area (Å²) in [7, 11) is 0. The average Bonchev–Trinajstić information content (AvgIpc) is 3.04. The minimum atomic E-state index is -4.63. The molecule has 0 saturated carbocycles. The number of halogens is 6. The van der Waals surface area contributed by atoms with Crippen LogP contribution in [-0.4, -0.2) is 32.9 Å². The van der Waals surface area contributed by atoms with E-state index in [4.69, 9.17) is 11.6 Å². The third-order valence-corrected chi connectivity index (χ3v) is 4.69. The molecular formula is C16H10ClF5N4O2S. The van der Waals surface area contributed by atoms with Crippen molar-refractivity contribution in [2.24, 2.45) is 0 Å². The number of benzene rings is 1. The van der Waals surface area contributed by atoms with Crippen LogP contribution < -0.4 is 10.1 Å². The molecule has 0 spiro atoms. The molecule has 0 fully saturated rings. The van der Waals surface area contributed by atoms with Crippen LogP contribution >= 0.6 is 23.4 Å². The Labute approximate surface area is 169 Å². The van der Waals surface area contributed by atoms with Gasteiger partial charge in [0.2, 0.25) is 5.91 Å². The van der Waals surface area contributed by atoms with Crippen molar-refractivity contribution in [1.29, 1.82) is 0 Å². The number of carbonyl (C=O) groups is 1. The smallest absolute Gasteiger partial charge is 0.417 e. The van der Waals surface area contributed by atoms with Gasteiger partial charge in [-0.3, -0.25) is 9.20 Å². The number of amides is 1. The lowest BCUT2D eigenvalue weighted by molar-refractivity contribution is -0.137. The summed E-state index contributed by atoms with van der Waals surface area (Å²) < 4.78 is 69.1. The normalized spacial score (nSPS) is 11.8.